The molecule has 1 aromatic carbocycles. The average molecular weight is 370 g/mol. The normalized spacial score (nSPS) is 25.6. The molecule has 2 fully saturated rings. The summed E-state index contributed by atoms with van der Waals surface area (Å²) >= 11 is 0. The van der Waals surface area contributed by atoms with Gasteiger partial charge in [-0.3, -0.25) is 4.79 Å². The van der Waals surface area contributed by atoms with E-state index in [0.29, 0.717) is 31.8 Å². The zero-order valence-corrected chi connectivity index (χ0v) is 15.8. The molecule has 1 aromatic heterocycles. The fraction of sp³-hybridized carbons (Fsp3) is 0.524. The summed E-state index contributed by atoms with van der Waals surface area (Å²) in [5.74, 6) is 1.04. The second-order valence-electron chi connectivity index (χ2n) is 8.02. The largest absolute Gasteiger partial charge is 0.497 e. The number of aliphatic hydroxyl groups excluding tert-OH is 1. The number of nitrogens with zero attached hydrogens (tertiary/aromatic N) is 2. The van der Waals surface area contributed by atoms with Crippen LogP contribution in [0.1, 0.15) is 31.2 Å². The van der Waals surface area contributed by atoms with Gasteiger partial charge in [-0.15, -0.1) is 0 Å². The Kier molecular flexibility index (Phi) is 4.46. The molecule has 6 nitrogen and oxygen atoms in total. The molecule has 4 rings (SSSR count). The maximum Gasteiger partial charge on any atom is 0.314 e. The third-order valence-corrected chi connectivity index (χ3v) is 6.09. The number of pyridine rings is 1. The predicted molar refractivity (Wildman–Crippen MR) is 103 cm³/mol. The van der Waals surface area contributed by atoms with E-state index in [1.807, 2.05) is 36.1 Å². The van der Waals surface area contributed by atoms with Gasteiger partial charge in [0.15, 0.2) is 0 Å². The van der Waals surface area contributed by atoms with Gasteiger partial charge >= 0.3 is 5.97 Å². The van der Waals surface area contributed by atoms with Crippen LogP contribution in [0.5, 0.6) is 5.75 Å². The number of aromatic nitrogens is 1. The highest BCUT2D eigenvalue weighted by Gasteiger charge is 2.52. The zero-order valence-electron chi connectivity index (χ0n) is 15.8. The van der Waals surface area contributed by atoms with Gasteiger partial charge in [0.05, 0.1) is 18.7 Å². The number of fused-ring (bicyclic) bond motifs is 1. The van der Waals surface area contributed by atoms with E-state index in [4.69, 9.17) is 9.72 Å². The zero-order chi connectivity index (χ0) is 19.2. The molecule has 2 N–H and O–H groups in total. The molecule has 0 radical (unpaired) electrons. The third-order valence-electron chi connectivity index (χ3n) is 6.09. The van der Waals surface area contributed by atoms with E-state index in [-0.39, 0.29) is 0 Å². The Hall–Kier alpha value is -2.34. The van der Waals surface area contributed by atoms with E-state index in [9.17, 15) is 15.0 Å². The van der Waals surface area contributed by atoms with Crippen molar-refractivity contribution in [3.63, 3.8) is 0 Å². The van der Waals surface area contributed by atoms with E-state index in [1.165, 1.54) is 0 Å². The lowest BCUT2D eigenvalue weighted by molar-refractivity contribution is -0.158. The first kappa shape index (κ1) is 18.0. The van der Waals surface area contributed by atoms with Crippen LogP contribution in [0.3, 0.4) is 0 Å². The lowest BCUT2D eigenvalue weighted by Crippen LogP contribution is -2.56. The highest BCUT2D eigenvalue weighted by Crippen LogP contribution is 2.45. The van der Waals surface area contributed by atoms with Crippen molar-refractivity contribution in [1.29, 1.82) is 0 Å². The maximum absolute atomic E-state index is 12.2. The summed E-state index contributed by atoms with van der Waals surface area (Å²) in [6, 6.07) is 7.82. The lowest BCUT2D eigenvalue weighted by Gasteiger charge is -2.44. The number of hydrogen-bond donors (Lipinski definition) is 2. The summed E-state index contributed by atoms with van der Waals surface area (Å²) in [5, 5.41) is 21.6. The van der Waals surface area contributed by atoms with E-state index in [0.717, 1.165) is 40.9 Å². The van der Waals surface area contributed by atoms with Gasteiger partial charge in [-0.1, -0.05) is 12.8 Å². The van der Waals surface area contributed by atoms with Crippen molar-refractivity contribution in [3.8, 4) is 5.75 Å². The Morgan fingerprint density at radius 2 is 2.11 bits per heavy atom. The molecule has 2 atom stereocenters. The molecular weight excluding hydrogens is 344 g/mol. The van der Waals surface area contributed by atoms with Crippen molar-refractivity contribution in [3.05, 3.63) is 29.8 Å². The number of piperidine rings is 1. The molecule has 6 heteroatoms. The minimum atomic E-state index is -1.11. The van der Waals surface area contributed by atoms with Crippen molar-refractivity contribution in [2.24, 2.45) is 11.3 Å². The molecule has 1 saturated carbocycles. The molecule has 0 bridgehead atoms. The second kappa shape index (κ2) is 6.68. The van der Waals surface area contributed by atoms with Crippen LogP contribution in [0.4, 0.5) is 5.82 Å². The number of anilines is 1. The first-order chi connectivity index (χ1) is 12.9. The summed E-state index contributed by atoms with van der Waals surface area (Å²) < 4.78 is 5.31. The standard InChI is InChI=1S/C21H26N2O4/c1-13-9-19(22-17-10-15(27-2)5-6-16(13)17)23-8-7-18(24)21(12-23,20(25)26)11-14-3-4-14/h5-6,9-10,14,18,24H,3-4,7-8,11-12H2,1-2H3,(H,25,26)/t18-,21+/m1/s1. The molecule has 0 spiro atoms. The number of carboxylic acid groups (broad SMARTS) is 1. The summed E-state index contributed by atoms with van der Waals surface area (Å²) in [7, 11) is 1.63. The van der Waals surface area contributed by atoms with Crippen molar-refractivity contribution in [1.82, 2.24) is 4.98 Å². The second-order valence-corrected chi connectivity index (χ2v) is 8.02. The van der Waals surface area contributed by atoms with Gasteiger partial charge in [0.2, 0.25) is 0 Å². The van der Waals surface area contributed by atoms with Crippen LogP contribution in [0, 0.1) is 18.3 Å². The van der Waals surface area contributed by atoms with Crippen LogP contribution < -0.4 is 9.64 Å². The molecule has 0 amide bonds. The first-order valence-electron chi connectivity index (χ1n) is 9.55. The number of aliphatic carboxylic acids is 1. The maximum atomic E-state index is 12.2. The van der Waals surface area contributed by atoms with Crippen LogP contribution in [0.25, 0.3) is 10.9 Å². The highest BCUT2D eigenvalue weighted by molar-refractivity contribution is 5.85. The average Bonchev–Trinajstić information content (AvgIpc) is 3.46. The van der Waals surface area contributed by atoms with Crippen molar-refractivity contribution >= 4 is 22.7 Å². The minimum absolute atomic E-state index is 0.294. The van der Waals surface area contributed by atoms with E-state index >= 15 is 0 Å². The smallest absolute Gasteiger partial charge is 0.314 e. The number of hydrogen-bond acceptors (Lipinski definition) is 5. The number of carboxylic acids is 1. The number of aliphatic hydroxyl groups is 1. The Bertz CT molecular complexity index is 880. The Morgan fingerprint density at radius 3 is 2.78 bits per heavy atom. The fourth-order valence-electron chi connectivity index (χ4n) is 4.26. The summed E-state index contributed by atoms with van der Waals surface area (Å²) in [6.07, 6.45) is 2.30. The van der Waals surface area contributed by atoms with Gasteiger partial charge in [0.25, 0.3) is 0 Å². The van der Waals surface area contributed by atoms with Crippen LogP contribution in [0.15, 0.2) is 24.3 Å². The minimum Gasteiger partial charge on any atom is -0.497 e. The molecule has 1 saturated heterocycles. The quantitative estimate of drug-likeness (QED) is 0.842. The van der Waals surface area contributed by atoms with Gasteiger partial charge in [-0.05, 0) is 49.4 Å². The third kappa shape index (κ3) is 3.23. The number of aryl methyl sites for hydroxylation is 1. The number of rotatable bonds is 5. The van der Waals surface area contributed by atoms with Crippen LogP contribution in [-0.4, -0.2) is 47.5 Å². The predicted octanol–water partition coefficient (Wildman–Crippen LogP) is 2.99. The number of methoxy groups -OCH3 is 1. The monoisotopic (exact) mass is 370 g/mol. The molecule has 2 heterocycles. The molecule has 0 unspecified atom stereocenters. The Balaban J connectivity index is 1.70. The van der Waals surface area contributed by atoms with Gasteiger partial charge in [0.1, 0.15) is 17.0 Å². The van der Waals surface area contributed by atoms with Gasteiger partial charge in [-0.25, -0.2) is 4.98 Å². The van der Waals surface area contributed by atoms with E-state index in [1.54, 1.807) is 7.11 Å². The summed E-state index contributed by atoms with van der Waals surface area (Å²) in [5.41, 5.74) is 0.809. The highest BCUT2D eigenvalue weighted by atomic mass is 16.5. The van der Waals surface area contributed by atoms with E-state index < -0.39 is 17.5 Å². The van der Waals surface area contributed by atoms with Crippen LogP contribution in [0.2, 0.25) is 0 Å². The molecule has 2 aliphatic rings. The van der Waals surface area contributed by atoms with Gasteiger partial charge < -0.3 is 19.8 Å². The van der Waals surface area contributed by atoms with Crippen molar-refractivity contribution in [2.75, 3.05) is 25.1 Å². The van der Waals surface area contributed by atoms with Crippen molar-refractivity contribution < 1.29 is 19.7 Å². The first-order valence-corrected chi connectivity index (χ1v) is 9.55. The topological polar surface area (TPSA) is 82.9 Å². The summed E-state index contributed by atoms with van der Waals surface area (Å²) in [4.78, 5) is 19.0. The number of ether oxygens (including phenoxy) is 1. The van der Waals surface area contributed by atoms with E-state index in [2.05, 4.69) is 0 Å². The molecule has 2 aromatic rings. The van der Waals surface area contributed by atoms with Gasteiger partial charge in [-0.2, -0.15) is 0 Å². The Morgan fingerprint density at radius 1 is 1.33 bits per heavy atom. The molecular formula is C21H26N2O4. The molecule has 144 valence electrons. The fourth-order valence-corrected chi connectivity index (χ4v) is 4.26. The number of benzene rings is 1. The lowest BCUT2D eigenvalue weighted by atomic mass is 9.73. The number of carbonyl (C=O) groups is 1. The summed E-state index contributed by atoms with van der Waals surface area (Å²) in [6.45, 7) is 2.93. The molecule has 1 aliphatic carbocycles. The van der Waals surface area contributed by atoms with Crippen molar-refractivity contribution in [2.45, 2.75) is 38.7 Å². The van der Waals surface area contributed by atoms with Crippen LogP contribution >= 0.6 is 0 Å². The van der Waals surface area contributed by atoms with Gasteiger partial charge in [0, 0.05) is 24.5 Å². The molecule has 1 aliphatic heterocycles. The Labute approximate surface area is 158 Å². The van der Waals surface area contributed by atoms with Crippen LogP contribution in [-0.2, 0) is 4.79 Å². The SMILES string of the molecule is COc1ccc2c(C)cc(N3CC[C@@H](O)[C@@](CC4CC4)(C(=O)O)C3)nc2c1. The molecule has 27 heavy (non-hydrogen) atoms.